The first-order valence-electron chi connectivity index (χ1n) is 9.89. The quantitative estimate of drug-likeness (QED) is 0.673. The fourth-order valence-electron chi connectivity index (χ4n) is 4.76. The van der Waals surface area contributed by atoms with Crippen LogP contribution < -0.4 is 5.69 Å². The topological polar surface area (TPSA) is 104 Å². The number of carbonyl (C=O) groups excluding carboxylic acids is 1. The Bertz CT molecular complexity index is 1320. The molecule has 2 atom stereocenters. The maximum absolute atomic E-state index is 13.3. The zero-order chi connectivity index (χ0) is 21.4. The summed E-state index contributed by atoms with van der Waals surface area (Å²) in [5.41, 5.74) is 0.260. The highest BCUT2D eigenvalue weighted by Gasteiger charge is 2.50. The summed E-state index contributed by atoms with van der Waals surface area (Å²) in [4.78, 5) is 32.2. The number of nitriles is 1. The zero-order valence-corrected chi connectivity index (χ0v) is 17.0. The number of imidazole rings is 1. The van der Waals surface area contributed by atoms with Crippen LogP contribution in [0.15, 0.2) is 35.3 Å². The molecule has 1 N–H and O–H groups in total. The highest BCUT2D eigenvalue weighted by molar-refractivity contribution is 5.93. The second kappa shape index (κ2) is 5.95. The highest BCUT2D eigenvalue weighted by atomic mass is 16.3. The van der Waals surface area contributed by atoms with E-state index in [2.05, 4.69) is 11.1 Å². The number of fused-ring (bicyclic) bond motifs is 6. The third-order valence-corrected chi connectivity index (χ3v) is 6.08. The molecule has 2 aliphatic heterocycles. The lowest BCUT2D eigenvalue weighted by molar-refractivity contribution is -0.141. The molecule has 2 bridgehead atoms. The molecule has 1 amide bonds. The number of carbonyl (C=O) groups is 1. The van der Waals surface area contributed by atoms with E-state index in [1.165, 1.54) is 10.8 Å². The molecule has 1 saturated heterocycles. The summed E-state index contributed by atoms with van der Waals surface area (Å²) in [6.45, 7) is 6.07. The minimum absolute atomic E-state index is 0.00587. The van der Waals surface area contributed by atoms with E-state index < -0.39 is 5.41 Å². The Kier molecular flexibility index (Phi) is 3.66. The van der Waals surface area contributed by atoms with Gasteiger partial charge in [0.2, 0.25) is 11.8 Å². The molecule has 1 fully saturated rings. The van der Waals surface area contributed by atoms with Crippen molar-refractivity contribution in [2.45, 2.75) is 39.3 Å². The Morgan fingerprint density at radius 1 is 1.27 bits per heavy atom. The second-order valence-corrected chi connectivity index (χ2v) is 8.96. The SMILES string of the molecule is CC(C)(C)C(=O)N1C[C@H]2CC1c1c(O)n(-c3cnc(C#N)c4ccccc34)c(=O)n12. The van der Waals surface area contributed by atoms with Gasteiger partial charge in [-0.15, -0.1) is 0 Å². The van der Waals surface area contributed by atoms with Gasteiger partial charge in [-0.1, -0.05) is 45.0 Å². The summed E-state index contributed by atoms with van der Waals surface area (Å²) >= 11 is 0. The van der Waals surface area contributed by atoms with Crippen molar-refractivity contribution in [3.63, 3.8) is 0 Å². The van der Waals surface area contributed by atoms with Crippen LogP contribution in [0, 0.1) is 16.7 Å². The van der Waals surface area contributed by atoms with Crippen LogP contribution in [0.4, 0.5) is 0 Å². The lowest BCUT2D eigenvalue weighted by atomic mass is 9.94. The van der Waals surface area contributed by atoms with E-state index in [1.54, 1.807) is 27.7 Å². The van der Waals surface area contributed by atoms with E-state index in [0.29, 0.717) is 35.1 Å². The Hall–Kier alpha value is -3.60. The van der Waals surface area contributed by atoms with Crippen molar-refractivity contribution in [3.8, 4) is 17.6 Å². The molecule has 1 unspecified atom stereocenters. The van der Waals surface area contributed by atoms with Gasteiger partial charge in [-0.2, -0.15) is 5.26 Å². The number of amides is 1. The van der Waals surface area contributed by atoms with Crippen LogP contribution in [0.1, 0.15) is 50.7 Å². The largest absolute Gasteiger partial charge is 0.493 e. The molecule has 2 aromatic heterocycles. The van der Waals surface area contributed by atoms with Gasteiger partial charge in [0.15, 0.2) is 0 Å². The average molecular weight is 403 g/mol. The van der Waals surface area contributed by atoms with Gasteiger partial charge in [-0.25, -0.2) is 14.3 Å². The number of hydrogen-bond acceptors (Lipinski definition) is 5. The van der Waals surface area contributed by atoms with E-state index in [9.17, 15) is 20.0 Å². The van der Waals surface area contributed by atoms with Crippen LogP contribution in [-0.2, 0) is 4.79 Å². The normalized spacial score (nSPS) is 19.9. The van der Waals surface area contributed by atoms with Crippen LogP contribution in [0.25, 0.3) is 16.5 Å². The predicted molar refractivity (Wildman–Crippen MR) is 109 cm³/mol. The van der Waals surface area contributed by atoms with Crippen molar-refractivity contribution in [2.75, 3.05) is 6.54 Å². The Balaban J connectivity index is 1.70. The van der Waals surface area contributed by atoms with Crippen LogP contribution in [0.5, 0.6) is 5.88 Å². The van der Waals surface area contributed by atoms with Gasteiger partial charge < -0.3 is 10.0 Å². The van der Waals surface area contributed by atoms with Gasteiger partial charge in [-0.05, 0) is 6.42 Å². The second-order valence-electron chi connectivity index (χ2n) is 8.96. The Morgan fingerprint density at radius 2 is 1.97 bits per heavy atom. The van der Waals surface area contributed by atoms with Crippen molar-refractivity contribution in [1.29, 1.82) is 5.26 Å². The summed E-state index contributed by atoms with van der Waals surface area (Å²) < 4.78 is 2.86. The number of likely N-dealkylation sites (tertiary alicyclic amines) is 1. The molecule has 152 valence electrons. The van der Waals surface area contributed by atoms with E-state index in [-0.39, 0.29) is 35.3 Å². The minimum atomic E-state index is -0.541. The molecule has 8 heteroatoms. The van der Waals surface area contributed by atoms with Gasteiger partial charge in [0, 0.05) is 22.7 Å². The third kappa shape index (κ3) is 2.29. The molecular weight excluding hydrogens is 382 g/mol. The maximum Gasteiger partial charge on any atom is 0.336 e. The first-order valence-corrected chi connectivity index (χ1v) is 9.89. The fourth-order valence-corrected chi connectivity index (χ4v) is 4.76. The van der Waals surface area contributed by atoms with Gasteiger partial charge in [0.05, 0.1) is 24.0 Å². The summed E-state index contributed by atoms with van der Waals surface area (Å²) in [6.07, 6.45) is 2.07. The Labute approximate surface area is 172 Å². The number of nitrogens with zero attached hydrogens (tertiary/aromatic N) is 5. The van der Waals surface area contributed by atoms with Gasteiger partial charge in [0.25, 0.3) is 0 Å². The molecule has 4 heterocycles. The number of pyridine rings is 1. The van der Waals surface area contributed by atoms with Gasteiger partial charge in [-0.3, -0.25) is 9.36 Å². The molecule has 1 aromatic carbocycles. The molecule has 30 heavy (non-hydrogen) atoms. The van der Waals surface area contributed by atoms with Crippen LogP contribution in [-0.4, -0.2) is 36.6 Å². The smallest absolute Gasteiger partial charge is 0.336 e. The van der Waals surface area contributed by atoms with Gasteiger partial charge >= 0.3 is 5.69 Å². The number of hydrogen-bond donors (Lipinski definition) is 1. The third-order valence-electron chi connectivity index (χ3n) is 6.08. The standard InChI is InChI=1S/C22H21N5O3/c1-22(2,3)20(29)25-11-12-8-16(25)18-19(28)27(21(30)26(12)18)17-10-24-15(9-23)13-6-4-5-7-14(13)17/h4-7,10,12,16,28H,8,11H2,1-3H3/t12-,16?/m1/s1. The van der Waals surface area contributed by atoms with Crippen molar-refractivity contribution in [2.24, 2.45) is 5.41 Å². The molecule has 3 aromatic rings. The maximum atomic E-state index is 13.3. The molecule has 2 aliphatic rings. The lowest BCUT2D eigenvalue weighted by Crippen LogP contribution is -2.43. The lowest BCUT2D eigenvalue weighted by Gasteiger charge is -2.32. The number of rotatable bonds is 1. The highest BCUT2D eigenvalue weighted by Crippen LogP contribution is 2.49. The van der Waals surface area contributed by atoms with Crippen molar-refractivity contribution in [1.82, 2.24) is 19.0 Å². The van der Waals surface area contributed by atoms with Crippen LogP contribution >= 0.6 is 0 Å². The van der Waals surface area contributed by atoms with Crippen molar-refractivity contribution in [3.05, 3.63) is 52.3 Å². The molecule has 5 rings (SSSR count). The average Bonchev–Trinajstić information content (AvgIpc) is 3.37. The number of aromatic hydroxyl groups is 1. The summed E-state index contributed by atoms with van der Waals surface area (Å²) in [5.74, 6) is -0.165. The summed E-state index contributed by atoms with van der Waals surface area (Å²) in [6, 6.07) is 8.75. The molecular formula is C22H21N5O3. The number of benzene rings is 1. The molecule has 0 saturated carbocycles. The molecule has 0 spiro atoms. The first kappa shape index (κ1) is 18.4. The van der Waals surface area contributed by atoms with Gasteiger partial charge in [0.1, 0.15) is 17.5 Å². The summed E-state index contributed by atoms with van der Waals surface area (Å²) in [7, 11) is 0. The van der Waals surface area contributed by atoms with Crippen molar-refractivity contribution < 1.29 is 9.90 Å². The fraction of sp³-hybridized carbons (Fsp3) is 0.364. The first-order chi connectivity index (χ1) is 14.2. The monoisotopic (exact) mass is 403 g/mol. The number of aromatic nitrogens is 3. The van der Waals surface area contributed by atoms with E-state index >= 15 is 0 Å². The van der Waals surface area contributed by atoms with E-state index in [1.807, 2.05) is 26.8 Å². The van der Waals surface area contributed by atoms with Crippen molar-refractivity contribution >= 4 is 16.7 Å². The molecule has 8 nitrogen and oxygen atoms in total. The summed E-state index contributed by atoms with van der Waals surface area (Å²) in [5, 5.41) is 21.7. The predicted octanol–water partition coefficient (Wildman–Crippen LogP) is 2.64. The minimum Gasteiger partial charge on any atom is -0.493 e. The van der Waals surface area contributed by atoms with E-state index in [4.69, 9.17) is 0 Å². The van der Waals surface area contributed by atoms with E-state index in [0.717, 1.165) is 0 Å². The molecule has 0 aliphatic carbocycles. The Morgan fingerprint density at radius 3 is 2.63 bits per heavy atom. The van der Waals surface area contributed by atoms with Crippen LogP contribution in [0.2, 0.25) is 0 Å². The zero-order valence-electron chi connectivity index (χ0n) is 17.0. The molecule has 0 radical (unpaired) electrons. The van der Waals surface area contributed by atoms with Crippen LogP contribution in [0.3, 0.4) is 0 Å².